The number of carbonyl (C=O) groups excluding carboxylic acids is 2. The molecule has 2 amide bonds. The zero-order chi connectivity index (χ0) is 21.0. The summed E-state index contributed by atoms with van der Waals surface area (Å²) in [6.45, 7) is 6.60. The molecule has 164 valence electrons. The largest absolute Gasteiger partial charge is 0.461 e. The van der Waals surface area contributed by atoms with E-state index in [0.717, 1.165) is 37.8 Å². The first-order valence-corrected chi connectivity index (χ1v) is 12.4. The lowest BCUT2D eigenvalue weighted by Crippen LogP contribution is -2.50. The Morgan fingerprint density at radius 2 is 1.93 bits per heavy atom. The van der Waals surface area contributed by atoms with Gasteiger partial charge in [0, 0.05) is 28.7 Å². The summed E-state index contributed by atoms with van der Waals surface area (Å²) in [6, 6.07) is 0.146. The number of fused-ring (bicyclic) bond motifs is 4. The van der Waals surface area contributed by atoms with Gasteiger partial charge >= 0.3 is 12.0 Å². The van der Waals surface area contributed by atoms with Crippen LogP contribution in [0.1, 0.15) is 82.2 Å². The molecule has 1 saturated heterocycles. The highest BCUT2D eigenvalue weighted by atomic mass is 32.1. The van der Waals surface area contributed by atoms with Gasteiger partial charge < -0.3 is 10.1 Å². The topological polar surface area (TPSA) is 80.3 Å². The Morgan fingerprint density at radius 3 is 2.70 bits per heavy atom. The second-order valence-electron chi connectivity index (χ2n) is 10.3. The smallest absolute Gasteiger partial charge is 0.321 e. The Labute approximate surface area is 182 Å². The molecule has 6 unspecified atom stereocenters. The van der Waals surface area contributed by atoms with Crippen molar-refractivity contribution in [1.29, 1.82) is 0 Å². The average Bonchev–Trinajstić information content (AvgIpc) is 3.22. The Balaban J connectivity index is 1.34. The molecule has 0 aromatic carbocycles. The lowest BCUT2D eigenvalue weighted by molar-refractivity contribution is -0.149. The van der Waals surface area contributed by atoms with Crippen molar-refractivity contribution in [3.8, 4) is 0 Å². The monoisotopic (exact) mass is 431 g/mol. The van der Waals surface area contributed by atoms with Crippen LogP contribution in [0.2, 0.25) is 0 Å². The summed E-state index contributed by atoms with van der Waals surface area (Å²) in [5.41, 5.74) is 1.21. The van der Waals surface area contributed by atoms with Gasteiger partial charge in [0.2, 0.25) is 0 Å². The first kappa shape index (κ1) is 20.3. The van der Waals surface area contributed by atoms with E-state index in [4.69, 9.17) is 9.72 Å². The quantitative estimate of drug-likeness (QED) is 0.656. The van der Waals surface area contributed by atoms with Gasteiger partial charge in [0.25, 0.3) is 0 Å². The Bertz CT molecular complexity index is 849. The van der Waals surface area contributed by atoms with Gasteiger partial charge in [-0.2, -0.15) is 0 Å². The predicted octanol–water partition coefficient (Wildman–Crippen LogP) is 4.85. The van der Waals surface area contributed by atoms with Crippen LogP contribution in [0.25, 0.3) is 0 Å². The SMILES string of the molecule is CC1C(=O)OC2C1CCC1(C)Cc3sc(NC(=O)NC4CCCCC4)nc3C(C)C21. The summed E-state index contributed by atoms with van der Waals surface area (Å²) in [5, 5.41) is 6.80. The zero-order valence-corrected chi connectivity index (χ0v) is 19.0. The van der Waals surface area contributed by atoms with Crippen molar-refractivity contribution >= 4 is 28.5 Å². The summed E-state index contributed by atoms with van der Waals surface area (Å²) in [4.78, 5) is 30.9. The van der Waals surface area contributed by atoms with Crippen LogP contribution in [-0.2, 0) is 16.0 Å². The van der Waals surface area contributed by atoms with Gasteiger partial charge in [0.05, 0.1) is 11.6 Å². The lowest BCUT2D eigenvalue weighted by Gasteiger charge is -2.51. The van der Waals surface area contributed by atoms with E-state index in [1.165, 1.54) is 24.1 Å². The van der Waals surface area contributed by atoms with Crippen molar-refractivity contribution in [2.45, 2.75) is 90.2 Å². The summed E-state index contributed by atoms with van der Waals surface area (Å²) >= 11 is 1.62. The van der Waals surface area contributed by atoms with Crippen LogP contribution < -0.4 is 10.6 Å². The Morgan fingerprint density at radius 1 is 1.17 bits per heavy atom. The molecule has 7 heteroatoms. The minimum Gasteiger partial charge on any atom is -0.461 e. The number of amides is 2. The van der Waals surface area contributed by atoms with Crippen LogP contribution in [0.3, 0.4) is 0 Å². The first-order valence-electron chi connectivity index (χ1n) is 11.6. The van der Waals surface area contributed by atoms with Gasteiger partial charge in [-0.15, -0.1) is 11.3 Å². The highest BCUT2D eigenvalue weighted by Crippen LogP contribution is 2.59. The number of esters is 1. The molecule has 4 aliphatic rings. The van der Waals surface area contributed by atoms with Crippen molar-refractivity contribution in [2.24, 2.45) is 23.2 Å². The fraction of sp³-hybridized carbons (Fsp3) is 0.783. The second kappa shape index (κ2) is 7.50. The molecule has 5 rings (SSSR count). The van der Waals surface area contributed by atoms with Crippen LogP contribution >= 0.6 is 11.3 Å². The maximum Gasteiger partial charge on any atom is 0.321 e. The predicted molar refractivity (Wildman–Crippen MR) is 117 cm³/mol. The van der Waals surface area contributed by atoms with Gasteiger partial charge in [0.15, 0.2) is 5.13 Å². The lowest BCUT2D eigenvalue weighted by atomic mass is 9.54. The number of thiazole rings is 1. The normalized spacial score (nSPS) is 38.2. The molecule has 1 aliphatic heterocycles. The number of aromatic nitrogens is 1. The number of hydrogen-bond acceptors (Lipinski definition) is 5. The highest BCUT2D eigenvalue weighted by molar-refractivity contribution is 7.15. The van der Waals surface area contributed by atoms with Crippen LogP contribution in [0.15, 0.2) is 0 Å². The fourth-order valence-corrected chi connectivity index (χ4v) is 7.96. The van der Waals surface area contributed by atoms with Crippen LogP contribution in [0, 0.1) is 23.2 Å². The van der Waals surface area contributed by atoms with E-state index in [2.05, 4.69) is 24.5 Å². The van der Waals surface area contributed by atoms with Crippen molar-refractivity contribution in [1.82, 2.24) is 10.3 Å². The zero-order valence-electron chi connectivity index (χ0n) is 18.2. The molecule has 30 heavy (non-hydrogen) atoms. The third-order valence-electron chi connectivity index (χ3n) is 8.32. The number of urea groups is 1. The summed E-state index contributed by atoms with van der Waals surface area (Å²) in [6.07, 6.45) is 8.92. The van der Waals surface area contributed by atoms with Crippen LogP contribution in [-0.4, -0.2) is 29.1 Å². The van der Waals surface area contributed by atoms with Crippen molar-refractivity contribution in [2.75, 3.05) is 5.32 Å². The Kier molecular flexibility index (Phi) is 5.07. The summed E-state index contributed by atoms with van der Waals surface area (Å²) < 4.78 is 5.91. The van der Waals surface area contributed by atoms with E-state index in [1.807, 2.05) is 6.92 Å². The van der Waals surface area contributed by atoms with Crippen LogP contribution in [0.4, 0.5) is 9.93 Å². The number of ether oxygens (including phenoxy) is 1. The molecular weight excluding hydrogens is 398 g/mol. The average molecular weight is 432 g/mol. The number of nitrogens with one attached hydrogen (secondary N) is 2. The molecule has 0 radical (unpaired) electrons. The van der Waals surface area contributed by atoms with Gasteiger partial charge in [0.1, 0.15) is 6.10 Å². The Hall–Kier alpha value is -1.63. The maximum absolute atomic E-state index is 12.5. The van der Waals surface area contributed by atoms with Gasteiger partial charge in [-0.25, -0.2) is 9.78 Å². The third-order valence-corrected chi connectivity index (χ3v) is 9.31. The van der Waals surface area contributed by atoms with E-state index in [-0.39, 0.29) is 41.4 Å². The van der Waals surface area contributed by atoms with Crippen molar-refractivity contribution in [3.63, 3.8) is 0 Å². The van der Waals surface area contributed by atoms with E-state index in [0.29, 0.717) is 17.0 Å². The number of nitrogens with zero attached hydrogens (tertiary/aromatic N) is 1. The summed E-state index contributed by atoms with van der Waals surface area (Å²) in [5.74, 6) is 0.815. The molecule has 3 fully saturated rings. The molecule has 2 heterocycles. The maximum atomic E-state index is 12.5. The molecule has 2 saturated carbocycles. The number of anilines is 1. The minimum absolute atomic E-state index is 0.00195. The molecule has 0 bridgehead atoms. The van der Waals surface area contributed by atoms with Crippen LogP contribution in [0.5, 0.6) is 0 Å². The molecule has 6 nitrogen and oxygen atoms in total. The summed E-state index contributed by atoms with van der Waals surface area (Å²) in [7, 11) is 0. The number of hydrogen-bond donors (Lipinski definition) is 2. The molecule has 3 aliphatic carbocycles. The van der Waals surface area contributed by atoms with E-state index in [1.54, 1.807) is 11.3 Å². The van der Waals surface area contributed by atoms with Crippen molar-refractivity contribution < 1.29 is 14.3 Å². The molecule has 1 aromatic rings. The molecular formula is C23H33N3O3S. The molecule has 0 spiro atoms. The molecule has 2 N–H and O–H groups in total. The highest BCUT2D eigenvalue weighted by Gasteiger charge is 2.58. The van der Waals surface area contributed by atoms with Gasteiger partial charge in [-0.1, -0.05) is 40.0 Å². The van der Waals surface area contributed by atoms with Gasteiger partial charge in [-0.3, -0.25) is 10.1 Å². The van der Waals surface area contributed by atoms with E-state index in [9.17, 15) is 9.59 Å². The number of carbonyl (C=O) groups is 2. The standard InChI is InChI=1S/C23H33N3O3S/c1-12-15-9-10-23(3)11-16-18(13(2)17(23)19(15)29-20(12)27)25-22(30-16)26-21(28)24-14-7-5-4-6-8-14/h12-15,17,19H,4-11H2,1-3H3,(H2,24,25,26,28). The molecule has 6 atom stereocenters. The third kappa shape index (κ3) is 3.33. The second-order valence-corrected chi connectivity index (χ2v) is 11.4. The van der Waals surface area contributed by atoms with Gasteiger partial charge in [-0.05, 0) is 37.5 Å². The van der Waals surface area contributed by atoms with E-state index < -0.39 is 0 Å². The molecule has 1 aromatic heterocycles. The van der Waals surface area contributed by atoms with Crippen molar-refractivity contribution in [3.05, 3.63) is 10.6 Å². The van der Waals surface area contributed by atoms with E-state index >= 15 is 0 Å². The first-order chi connectivity index (χ1) is 14.4. The number of rotatable bonds is 2. The fourth-order valence-electron chi connectivity index (χ4n) is 6.70. The minimum atomic E-state index is -0.136.